The standard InChI is InChI=1S/C15H21F2NO3/c1-10(2)18(9-11(3)19)14(20)8-12-4-6-13(7-5-12)21-15(16)17/h4-7,10-11,15,19H,8-9H2,1-3H3. The fourth-order valence-corrected chi connectivity index (χ4v) is 1.95. The number of carbonyl (C=O) groups excluding carboxylic acids is 1. The summed E-state index contributed by atoms with van der Waals surface area (Å²) in [6.45, 7) is 2.78. The molecule has 0 radical (unpaired) electrons. The number of ether oxygens (including phenoxy) is 1. The van der Waals surface area contributed by atoms with Crippen LogP contribution in [0, 0.1) is 0 Å². The molecule has 0 saturated heterocycles. The maximum Gasteiger partial charge on any atom is 0.387 e. The maximum absolute atomic E-state index is 12.2. The van der Waals surface area contributed by atoms with E-state index in [4.69, 9.17) is 0 Å². The summed E-state index contributed by atoms with van der Waals surface area (Å²) in [5.41, 5.74) is 0.706. The number of halogens is 2. The molecule has 21 heavy (non-hydrogen) atoms. The van der Waals surface area contributed by atoms with Crippen molar-refractivity contribution in [3.05, 3.63) is 29.8 Å². The molecule has 1 aromatic rings. The summed E-state index contributed by atoms with van der Waals surface area (Å²) in [4.78, 5) is 13.8. The maximum atomic E-state index is 12.2. The number of aliphatic hydroxyl groups is 1. The molecule has 0 aliphatic heterocycles. The number of hydrogen-bond acceptors (Lipinski definition) is 3. The molecule has 0 aliphatic rings. The predicted octanol–water partition coefficient (Wildman–Crippen LogP) is 2.45. The van der Waals surface area contributed by atoms with Crippen LogP contribution in [0.4, 0.5) is 8.78 Å². The van der Waals surface area contributed by atoms with Crippen molar-refractivity contribution in [2.75, 3.05) is 6.54 Å². The Morgan fingerprint density at radius 2 is 1.81 bits per heavy atom. The molecule has 118 valence electrons. The molecule has 4 nitrogen and oxygen atoms in total. The Kier molecular flexibility index (Phi) is 6.55. The lowest BCUT2D eigenvalue weighted by atomic mass is 10.1. The van der Waals surface area contributed by atoms with Gasteiger partial charge in [-0.1, -0.05) is 12.1 Å². The van der Waals surface area contributed by atoms with Gasteiger partial charge in [-0.25, -0.2) is 0 Å². The number of nitrogens with zero attached hydrogens (tertiary/aromatic N) is 1. The van der Waals surface area contributed by atoms with Gasteiger partial charge in [-0.15, -0.1) is 0 Å². The van der Waals surface area contributed by atoms with E-state index in [0.29, 0.717) is 5.56 Å². The number of hydrogen-bond donors (Lipinski definition) is 1. The summed E-state index contributed by atoms with van der Waals surface area (Å²) in [6, 6.07) is 5.95. The fraction of sp³-hybridized carbons (Fsp3) is 0.533. The largest absolute Gasteiger partial charge is 0.435 e. The van der Waals surface area contributed by atoms with Crippen LogP contribution in [0.2, 0.25) is 0 Å². The number of carbonyl (C=O) groups is 1. The Bertz CT molecular complexity index is 447. The van der Waals surface area contributed by atoms with E-state index in [1.54, 1.807) is 24.0 Å². The molecule has 0 fully saturated rings. The van der Waals surface area contributed by atoms with Crippen LogP contribution in [0.5, 0.6) is 5.75 Å². The molecule has 1 aromatic carbocycles. The zero-order chi connectivity index (χ0) is 16.0. The summed E-state index contributed by atoms with van der Waals surface area (Å²) < 4.78 is 28.3. The van der Waals surface area contributed by atoms with Gasteiger partial charge in [0, 0.05) is 12.6 Å². The molecule has 0 spiro atoms. The first-order chi connectivity index (χ1) is 9.79. The van der Waals surface area contributed by atoms with Gasteiger partial charge in [0.1, 0.15) is 5.75 Å². The molecule has 1 atom stereocenters. The zero-order valence-corrected chi connectivity index (χ0v) is 12.4. The summed E-state index contributed by atoms with van der Waals surface area (Å²) in [5.74, 6) is -0.0562. The normalized spacial score (nSPS) is 12.6. The second kappa shape index (κ2) is 7.93. The van der Waals surface area contributed by atoms with Crippen LogP contribution < -0.4 is 4.74 Å². The van der Waals surface area contributed by atoms with Crippen LogP contribution in [0.25, 0.3) is 0 Å². The van der Waals surface area contributed by atoms with Crippen molar-refractivity contribution in [3.8, 4) is 5.75 Å². The van der Waals surface area contributed by atoms with Crippen LogP contribution >= 0.6 is 0 Å². The van der Waals surface area contributed by atoms with Gasteiger partial charge in [0.2, 0.25) is 5.91 Å². The van der Waals surface area contributed by atoms with E-state index in [1.807, 2.05) is 13.8 Å². The minimum Gasteiger partial charge on any atom is -0.435 e. The third kappa shape index (κ3) is 6.08. The number of amides is 1. The van der Waals surface area contributed by atoms with Crippen molar-refractivity contribution in [2.24, 2.45) is 0 Å². The Hall–Kier alpha value is -1.69. The molecule has 0 heterocycles. The molecule has 1 amide bonds. The van der Waals surface area contributed by atoms with Gasteiger partial charge in [-0.3, -0.25) is 4.79 Å². The topological polar surface area (TPSA) is 49.8 Å². The van der Waals surface area contributed by atoms with Crippen LogP contribution in [-0.2, 0) is 11.2 Å². The van der Waals surface area contributed by atoms with Crippen LogP contribution in [0.1, 0.15) is 26.3 Å². The van der Waals surface area contributed by atoms with E-state index in [-0.39, 0.29) is 30.7 Å². The number of alkyl halides is 2. The van der Waals surface area contributed by atoms with Gasteiger partial charge in [0.05, 0.1) is 12.5 Å². The van der Waals surface area contributed by atoms with Gasteiger partial charge in [-0.2, -0.15) is 8.78 Å². The Morgan fingerprint density at radius 1 is 1.24 bits per heavy atom. The van der Waals surface area contributed by atoms with E-state index in [0.717, 1.165) is 0 Å². The first-order valence-electron chi connectivity index (χ1n) is 6.81. The molecule has 0 aromatic heterocycles. The Balaban J connectivity index is 2.68. The van der Waals surface area contributed by atoms with Gasteiger partial charge >= 0.3 is 6.61 Å². The monoisotopic (exact) mass is 301 g/mol. The molecule has 0 aliphatic carbocycles. The smallest absolute Gasteiger partial charge is 0.387 e. The highest BCUT2D eigenvalue weighted by Crippen LogP contribution is 2.16. The van der Waals surface area contributed by atoms with Crippen LogP contribution in [0.3, 0.4) is 0 Å². The zero-order valence-electron chi connectivity index (χ0n) is 12.4. The molecule has 6 heteroatoms. The van der Waals surface area contributed by atoms with Gasteiger partial charge in [0.25, 0.3) is 0 Å². The molecule has 0 bridgehead atoms. The molecular formula is C15H21F2NO3. The average Bonchev–Trinajstić information content (AvgIpc) is 2.37. The second-order valence-corrected chi connectivity index (χ2v) is 5.19. The molecule has 1 rings (SSSR count). The third-order valence-corrected chi connectivity index (χ3v) is 2.91. The highest BCUT2D eigenvalue weighted by atomic mass is 19.3. The number of aliphatic hydroxyl groups excluding tert-OH is 1. The van der Waals surface area contributed by atoms with Crippen molar-refractivity contribution in [3.63, 3.8) is 0 Å². The lowest BCUT2D eigenvalue weighted by Gasteiger charge is -2.28. The van der Waals surface area contributed by atoms with Crippen LogP contribution in [-0.4, -0.2) is 41.2 Å². The van der Waals surface area contributed by atoms with Crippen molar-refractivity contribution in [1.29, 1.82) is 0 Å². The minimum atomic E-state index is -2.86. The van der Waals surface area contributed by atoms with E-state index < -0.39 is 12.7 Å². The van der Waals surface area contributed by atoms with Gasteiger partial charge in [-0.05, 0) is 38.5 Å². The second-order valence-electron chi connectivity index (χ2n) is 5.19. The van der Waals surface area contributed by atoms with Crippen molar-refractivity contribution in [2.45, 2.75) is 45.9 Å². The molecule has 1 unspecified atom stereocenters. The first-order valence-corrected chi connectivity index (χ1v) is 6.81. The summed E-state index contributed by atoms with van der Waals surface area (Å²) >= 11 is 0. The summed E-state index contributed by atoms with van der Waals surface area (Å²) in [7, 11) is 0. The fourth-order valence-electron chi connectivity index (χ4n) is 1.95. The van der Waals surface area contributed by atoms with E-state index in [1.165, 1.54) is 12.1 Å². The Labute approximate surface area is 123 Å². The number of benzene rings is 1. The average molecular weight is 301 g/mol. The highest BCUT2D eigenvalue weighted by Gasteiger charge is 2.18. The van der Waals surface area contributed by atoms with Gasteiger partial charge < -0.3 is 14.7 Å². The van der Waals surface area contributed by atoms with Crippen molar-refractivity contribution >= 4 is 5.91 Å². The first kappa shape index (κ1) is 17.4. The van der Waals surface area contributed by atoms with Gasteiger partial charge in [0.15, 0.2) is 0 Å². The quantitative estimate of drug-likeness (QED) is 0.841. The van der Waals surface area contributed by atoms with Crippen molar-refractivity contribution in [1.82, 2.24) is 4.90 Å². The molecule has 1 N–H and O–H groups in total. The summed E-state index contributed by atoms with van der Waals surface area (Å²) in [6.07, 6.45) is -0.446. The molecule has 0 saturated carbocycles. The lowest BCUT2D eigenvalue weighted by molar-refractivity contribution is -0.133. The Morgan fingerprint density at radius 3 is 2.24 bits per heavy atom. The van der Waals surface area contributed by atoms with Crippen LogP contribution in [0.15, 0.2) is 24.3 Å². The molecular weight excluding hydrogens is 280 g/mol. The highest BCUT2D eigenvalue weighted by molar-refractivity contribution is 5.79. The predicted molar refractivity (Wildman–Crippen MR) is 75.3 cm³/mol. The van der Waals surface area contributed by atoms with E-state index in [9.17, 15) is 18.7 Å². The lowest BCUT2D eigenvalue weighted by Crippen LogP contribution is -2.42. The SMILES string of the molecule is CC(O)CN(C(=O)Cc1ccc(OC(F)F)cc1)C(C)C. The van der Waals surface area contributed by atoms with E-state index in [2.05, 4.69) is 4.74 Å². The van der Waals surface area contributed by atoms with E-state index >= 15 is 0 Å². The third-order valence-electron chi connectivity index (χ3n) is 2.91. The summed E-state index contributed by atoms with van der Waals surface area (Å²) in [5, 5.41) is 9.43. The van der Waals surface area contributed by atoms with Crippen molar-refractivity contribution < 1.29 is 23.4 Å². The minimum absolute atomic E-state index is 0.0199. The number of rotatable bonds is 7.